The molecule has 4 rings (SSSR count). The standard InChI is InChI=1S/C24H19F2N5O2S/c25-24(26,15-32)33-20-4-2-17(3-5-20)22-18(9-27)12-30-23(21(22)10-28)34-14-16-8-19(13-29-11-16)31-6-1-7-31/h2-5,8,11-13,32H,1,6-7,14-15H2. The number of hydrogen-bond acceptors (Lipinski definition) is 8. The molecule has 34 heavy (non-hydrogen) atoms. The molecule has 1 N–H and O–H groups in total. The summed E-state index contributed by atoms with van der Waals surface area (Å²) < 4.78 is 31.1. The van der Waals surface area contributed by atoms with Crippen LogP contribution in [-0.2, 0) is 5.75 Å². The second-order valence-corrected chi connectivity index (χ2v) is 8.52. The summed E-state index contributed by atoms with van der Waals surface area (Å²) in [4.78, 5) is 10.9. The topological polar surface area (TPSA) is 106 Å². The van der Waals surface area contributed by atoms with E-state index in [4.69, 9.17) is 5.11 Å². The Labute approximate surface area is 199 Å². The number of nitrogens with zero attached hydrogens (tertiary/aromatic N) is 5. The molecule has 172 valence electrons. The summed E-state index contributed by atoms with van der Waals surface area (Å²) in [5.74, 6) is 0.378. The quantitative estimate of drug-likeness (QED) is 0.475. The van der Waals surface area contributed by atoms with Crippen LogP contribution in [-0.4, -0.2) is 40.9 Å². The van der Waals surface area contributed by atoms with Gasteiger partial charge in [-0.1, -0.05) is 12.1 Å². The van der Waals surface area contributed by atoms with E-state index >= 15 is 0 Å². The van der Waals surface area contributed by atoms with E-state index in [-0.39, 0.29) is 16.9 Å². The van der Waals surface area contributed by atoms with E-state index in [2.05, 4.69) is 31.7 Å². The number of ether oxygens (including phenoxy) is 1. The molecular formula is C24H19F2N5O2S. The molecule has 2 aromatic heterocycles. The van der Waals surface area contributed by atoms with Gasteiger partial charge in [0.05, 0.1) is 23.0 Å². The molecule has 1 aliphatic heterocycles. The first kappa shape index (κ1) is 23.4. The summed E-state index contributed by atoms with van der Waals surface area (Å²) in [6.07, 6.45) is 2.46. The van der Waals surface area contributed by atoms with E-state index in [0.717, 1.165) is 24.3 Å². The Bertz CT molecular complexity index is 1270. The normalized spacial score (nSPS) is 13.0. The zero-order valence-corrected chi connectivity index (χ0v) is 18.7. The lowest BCUT2D eigenvalue weighted by atomic mass is 9.97. The predicted molar refractivity (Wildman–Crippen MR) is 122 cm³/mol. The highest BCUT2D eigenvalue weighted by molar-refractivity contribution is 7.98. The van der Waals surface area contributed by atoms with E-state index in [1.165, 1.54) is 48.6 Å². The van der Waals surface area contributed by atoms with Gasteiger partial charge in [-0.25, -0.2) is 4.98 Å². The van der Waals surface area contributed by atoms with E-state index in [0.29, 0.717) is 21.9 Å². The minimum absolute atomic E-state index is 0.155. The molecule has 0 spiro atoms. The number of anilines is 1. The van der Waals surface area contributed by atoms with Crippen molar-refractivity contribution in [3.05, 3.63) is 65.6 Å². The Morgan fingerprint density at radius 3 is 2.50 bits per heavy atom. The number of nitriles is 2. The summed E-state index contributed by atoms with van der Waals surface area (Å²) in [5, 5.41) is 28.6. The van der Waals surface area contributed by atoms with E-state index < -0.39 is 12.7 Å². The number of aliphatic hydroxyl groups excluding tert-OH is 1. The molecule has 0 atom stereocenters. The summed E-state index contributed by atoms with van der Waals surface area (Å²) in [6, 6.07) is 11.8. The first-order valence-electron chi connectivity index (χ1n) is 10.4. The average molecular weight is 480 g/mol. The van der Waals surface area contributed by atoms with Gasteiger partial charge in [-0.05, 0) is 35.7 Å². The molecule has 3 aromatic rings. The third-order valence-corrected chi connectivity index (χ3v) is 6.31. The fourth-order valence-electron chi connectivity index (χ4n) is 3.44. The highest BCUT2D eigenvalue weighted by Gasteiger charge is 2.30. The maximum atomic E-state index is 13.3. The van der Waals surface area contributed by atoms with Crippen LogP contribution in [0, 0.1) is 22.7 Å². The van der Waals surface area contributed by atoms with Crippen LogP contribution in [0.15, 0.2) is 53.9 Å². The van der Waals surface area contributed by atoms with Crippen molar-refractivity contribution in [1.82, 2.24) is 9.97 Å². The molecule has 1 saturated heterocycles. The van der Waals surface area contributed by atoms with Gasteiger partial charge in [0.2, 0.25) is 0 Å². The molecule has 1 aromatic carbocycles. The van der Waals surface area contributed by atoms with Gasteiger partial charge in [0, 0.05) is 36.8 Å². The van der Waals surface area contributed by atoms with Gasteiger partial charge in [-0.2, -0.15) is 19.3 Å². The first-order valence-corrected chi connectivity index (χ1v) is 11.4. The van der Waals surface area contributed by atoms with Gasteiger partial charge in [-0.3, -0.25) is 4.98 Å². The smallest absolute Gasteiger partial charge is 0.421 e. The lowest BCUT2D eigenvalue weighted by molar-refractivity contribution is -0.200. The molecule has 0 unspecified atom stereocenters. The zero-order chi connectivity index (χ0) is 24.1. The molecule has 7 nitrogen and oxygen atoms in total. The lowest BCUT2D eigenvalue weighted by Gasteiger charge is -2.33. The number of pyridine rings is 2. The largest absolute Gasteiger partial charge is 0.431 e. The van der Waals surface area contributed by atoms with E-state index in [1.807, 2.05) is 12.3 Å². The minimum Gasteiger partial charge on any atom is -0.431 e. The predicted octanol–water partition coefficient (Wildman–Crippen LogP) is 4.35. The molecule has 1 fully saturated rings. The Morgan fingerprint density at radius 2 is 1.88 bits per heavy atom. The third-order valence-electron chi connectivity index (χ3n) is 5.25. The fourth-order valence-corrected chi connectivity index (χ4v) is 4.32. The molecule has 1 aliphatic rings. The van der Waals surface area contributed by atoms with Crippen LogP contribution in [0.3, 0.4) is 0 Å². The molecular weight excluding hydrogens is 460 g/mol. The van der Waals surface area contributed by atoms with E-state index in [1.54, 1.807) is 6.20 Å². The molecule has 0 radical (unpaired) electrons. The number of rotatable bonds is 8. The number of hydrogen-bond donors (Lipinski definition) is 1. The molecule has 0 aliphatic carbocycles. The van der Waals surface area contributed by atoms with Crippen molar-refractivity contribution in [2.45, 2.75) is 23.3 Å². The maximum absolute atomic E-state index is 13.3. The lowest BCUT2D eigenvalue weighted by Crippen LogP contribution is -2.37. The van der Waals surface area contributed by atoms with Gasteiger partial charge in [0.1, 0.15) is 29.5 Å². The van der Waals surface area contributed by atoms with Crippen LogP contribution in [0.2, 0.25) is 0 Å². The van der Waals surface area contributed by atoms with Crippen molar-refractivity contribution >= 4 is 17.4 Å². The molecule has 0 amide bonds. The Kier molecular flexibility index (Phi) is 6.92. The number of thioether (sulfide) groups is 1. The number of benzene rings is 1. The Hall–Kier alpha value is -3.73. The highest BCUT2D eigenvalue weighted by atomic mass is 32.2. The van der Waals surface area contributed by atoms with Crippen LogP contribution < -0.4 is 9.64 Å². The van der Waals surface area contributed by atoms with Crippen molar-refractivity contribution < 1.29 is 18.6 Å². The monoisotopic (exact) mass is 479 g/mol. The fraction of sp³-hybridized carbons (Fsp3) is 0.250. The van der Waals surface area contributed by atoms with Crippen molar-refractivity contribution in [2.75, 3.05) is 24.6 Å². The number of alkyl halides is 2. The molecule has 10 heteroatoms. The number of aliphatic hydroxyl groups is 1. The van der Waals surface area contributed by atoms with Crippen LogP contribution >= 0.6 is 11.8 Å². The summed E-state index contributed by atoms with van der Waals surface area (Å²) in [7, 11) is 0. The van der Waals surface area contributed by atoms with Gasteiger partial charge >= 0.3 is 6.11 Å². The SMILES string of the molecule is N#Cc1cnc(SCc2cncc(N3CCC3)c2)c(C#N)c1-c1ccc(OC(F)(F)CO)cc1. The van der Waals surface area contributed by atoms with Crippen LogP contribution in [0.25, 0.3) is 11.1 Å². The second-order valence-electron chi connectivity index (χ2n) is 7.55. The van der Waals surface area contributed by atoms with Crippen LogP contribution in [0.4, 0.5) is 14.5 Å². The van der Waals surface area contributed by atoms with Crippen LogP contribution in [0.5, 0.6) is 5.75 Å². The summed E-state index contributed by atoms with van der Waals surface area (Å²) in [6.45, 7) is 0.574. The van der Waals surface area contributed by atoms with Gasteiger partial charge in [0.25, 0.3) is 0 Å². The van der Waals surface area contributed by atoms with Crippen molar-refractivity contribution in [3.8, 4) is 29.0 Å². The van der Waals surface area contributed by atoms with Gasteiger partial charge in [-0.15, -0.1) is 11.8 Å². The van der Waals surface area contributed by atoms with Gasteiger partial charge in [0.15, 0.2) is 0 Å². The first-order chi connectivity index (χ1) is 16.4. The van der Waals surface area contributed by atoms with Gasteiger partial charge < -0.3 is 14.7 Å². The Morgan fingerprint density at radius 1 is 1.12 bits per heavy atom. The third kappa shape index (κ3) is 5.09. The average Bonchev–Trinajstić information content (AvgIpc) is 2.81. The van der Waals surface area contributed by atoms with Crippen molar-refractivity contribution in [3.63, 3.8) is 0 Å². The van der Waals surface area contributed by atoms with Crippen molar-refractivity contribution in [2.24, 2.45) is 0 Å². The molecule has 0 bridgehead atoms. The van der Waals surface area contributed by atoms with E-state index in [9.17, 15) is 19.3 Å². The maximum Gasteiger partial charge on any atom is 0.421 e. The summed E-state index contributed by atoms with van der Waals surface area (Å²) in [5.41, 5.74) is 3.32. The van der Waals surface area contributed by atoms with Crippen LogP contribution in [0.1, 0.15) is 23.1 Å². The minimum atomic E-state index is -3.71. The molecule has 3 heterocycles. The van der Waals surface area contributed by atoms with Crippen molar-refractivity contribution in [1.29, 1.82) is 10.5 Å². The Balaban J connectivity index is 1.60. The number of aromatic nitrogens is 2. The number of halogens is 2. The highest BCUT2D eigenvalue weighted by Crippen LogP contribution is 2.35. The summed E-state index contributed by atoms with van der Waals surface area (Å²) >= 11 is 1.36. The zero-order valence-electron chi connectivity index (χ0n) is 17.9. The molecule has 0 saturated carbocycles. The second kappa shape index (κ2) is 10.0.